The first kappa shape index (κ1) is 10.8. The molecule has 0 aliphatic carbocycles. The number of hydrogen-bond acceptors (Lipinski definition) is 2. The summed E-state index contributed by atoms with van der Waals surface area (Å²) in [5.74, 6) is 0.0943. The molecule has 2 heterocycles. The Hall–Kier alpha value is -1.35. The number of hydrogen-bond donors (Lipinski definition) is 1. The highest BCUT2D eigenvalue weighted by molar-refractivity contribution is 5.69. The third kappa shape index (κ3) is 1.84. The van der Waals surface area contributed by atoms with E-state index in [0.29, 0.717) is 23.4 Å². The van der Waals surface area contributed by atoms with Crippen LogP contribution in [0.15, 0.2) is 24.3 Å². The Balaban J connectivity index is 1.99. The summed E-state index contributed by atoms with van der Waals surface area (Å²) in [5, 5.41) is 3.51. The van der Waals surface area contributed by atoms with Crippen molar-refractivity contribution in [1.29, 1.82) is 0 Å². The first-order valence-corrected chi connectivity index (χ1v) is 6.07. The third-order valence-electron chi connectivity index (χ3n) is 3.67. The molecule has 1 fully saturated rings. The number of halogens is 1. The number of ether oxygens (including phenoxy) is 1. The lowest BCUT2D eigenvalue weighted by Crippen LogP contribution is -2.32. The van der Waals surface area contributed by atoms with Crippen molar-refractivity contribution in [2.24, 2.45) is 0 Å². The summed E-state index contributed by atoms with van der Waals surface area (Å²) in [6.07, 6.45) is 5.44. The minimum Gasteiger partial charge on any atom is -0.494 e. The second-order valence-corrected chi connectivity index (χ2v) is 4.77. The first-order valence-electron chi connectivity index (χ1n) is 6.07. The Morgan fingerprint density at radius 3 is 3.00 bits per heavy atom. The van der Waals surface area contributed by atoms with E-state index < -0.39 is 0 Å². The molecule has 1 aromatic rings. The van der Waals surface area contributed by atoms with Gasteiger partial charge in [-0.1, -0.05) is 18.2 Å². The zero-order valence-corrected chi connectivity index (χ0v) is 9.87. The van der Waals surface area contributed by atoms with Crippen LogP contribution in [0.1, 0.15) is 24.8 Å². The average Bonchev–Trinajstić information content (AvgIpc) is 2.68. The summed E-state index contributed by atoms with van der Waals surface area (Å²) in [6.45, 7) is 0. The van der Waals surface area contributed by atoms with Gasteiger partial charge in [-0.2, -0.15) is 0 Å². The van der Waals surface area contributed by atoms with Crippen molar-refractivity contribution >= 4 is 5.57 Å². The van der Waals surface area contributed by atoms with Crippen molar-refractivity contribution in [1.82, 2.24) is 5.32 Å². The SMILES string of the molecule is COc1cccc(C2=CC3CCC(C2)N3)c1F. The average molecular weight is 233 g/mol. The molecule has 0 saturated carbocycles. The van der Waals surface area contributed by atoms with Gasteiger partial charge in [0.05, 0.1) is 7.11 Å². The van der Waals surface area contributed by atoms with Crippen LogP contribution in [-0.4, -0.2) is 19.2 Å². The molecule has 0 radical (unpaired) electrons. The van der Waals surface area contributed by atoms with Crippen molar-refractivity contribution in [3.63, 3.8) is 0 Å². The van der Waals surface area contributed by atoms with Crippen molar-refractivity contribution < 1.29 is 9.13 Å². The minimum absolute atomic E-state index is 0.234. The van der Waals surface area contributed by atoms with E-state index in [2.05, 4.69) is 11.4 Å². The van der Waals surface area contributed by atoms with E-state index in [9.17, 15) is 4.39 Å². The molecule has 0 aromatic heterocycles. The fourth-order valence-electron chi connectivity index (χ4n) is 2.84. The van der Waals surface area contributed by atoms with Crippen LogP contribution in [0, 0.1) is 5.82 Å². The molecule has 2 bridgehead atoms. The molecule has 2 nitrogen and oxygen atoms in total. The van der Waals surface area contributed by atoms with Crippen LogP contribution < -0.4 is 10.1 Å². The lowest BCUT2D eigenvalue weighted by atomic mass is 9.95. The van der Waals surface area contributed by atoms with E-state index in [-0.39, 0.29) is 5.82 Å². The van der Waals surface area contributed by atoms with Gasteiger partial charge in [0.1, 0.15) is 0 Å². The highest BCUT2D eigenvalue weighted by Gasteiger charge is 2.29. The lowest BCUT2D eigenvalue weighted by molar-refractivity contribution is 0.385. The van der Waals surface area contributed by atoms with Gasteiger partial charge in [0, 0.05) is 17.6 Å². The van der Waals surface area contributed by atoms with Crippen molar-refractivity contribution in [3.8, 4) is 5.75 Å². The minimum atomic E-state index is -0.234. The summed E-state index contributed by atoms with van der Waals surface area (Å²) in [4.78, 5) is 0. The van der Waals surface area contributed by atoms with E-state index in [1.807, 2.05) is 12.1 Å². The molecule has 1 saturated heterocycles. The smallest absolute Gasteiger partial charge is 0.172 e. The van der Waals surface area contributed by atoms with Gasteiger partial charge in [-0.25, -0.2) is 4.39 Å². The maximum atomic E-state index is 14.1. The molecule has 90 valence electrons. The van der Waals surface area contributed by atoms with Gasteiger partial charge in [0.15, 0.2) is 11.6 Å². The van der Waals surface area contributed by atoms with E-state index >= 15 is 0 Å². The Labute approximate surface area is 100 Å². The van der Waals surface area contributed by atoms with Gasteiger partial charge in [-0.3, -0.25) is 0 Å². The summed E-state index contributed by atoms with van der Waals surface area (Å²) < 4.78 is 19.2. The van der Waals surface area contributed by atoms with Crippen LogP contribution in [0.3, 0.4) is 0 Å². The number of methoxy groups -OCH3 is 1. The van der Waals surface area contributed by atoms with Crippen LogP contribution in [0.2, 0.25) is 0 Å². The normalized spacial score (nSPS) is 26.8. The quantitative estimate of drug-likeness (QED) is 0.848. The molecule has 1 aromatic carbocycles. The predicted octanol–water partition coefficient (Wildman–Crippen LogP) is 2.74. The molecule has 2 aliphatic rings. The highest BCUT2D eigenvalue weighted by Crippen LogP contribution is 2.34. The molecule has 17 heavy (non-hydrogen) atoms. The molecule has 2 aliphatic heterocycles. The molecular formula is C14H16FNO. The topological polar surface area (TPSA) is 21.3 Å². The summed E-state index contributed by atoms with van der Waals surface area (Å²) in [6, 6.07) is 6.30. The maximum absolute atomic E-state index is 14.1. The van der Waals surface area contributed by atoms with Gasteiger partial charge in [-0.05, 0) is 30.9 Å². The second-order valence-electron chi connectivity index (χ2n) is 4.77. The van der Waals surface area contributed by atoms with Crippen molar-refractivity contribution in [2.75, 3.05) is 7.11 Å². The van der Waals surface area contributed by atoms with Crippen LogP contribution >= 0.6 is 0 Å². The molecule has 1 N–H and O–H groups in total. The highest BCUT2D eigenvalue weighted by atomic mass is 19.1. The van der Waals surface area contributed by atoms with E-state index in [4.69, 9.17) is 4.74 Å². The largest absolute Gasteiger partial charge is 0.494 e. The Kier molecular flexibility index (Phi) is 2.63. The van der Waals surface area contributed by atoms with Gasteiger partial charge in [0.25, 0.3) is 0 Å². The Morgan fingerprint density at radius 2 is 2.24 bits per heavy atom. The first-order chi connectivity index (χ1) is 8.28. The molecule has 3 heteroatoms. The molecular weight excluding hydrogens is 217 g/mol. The molecule has 0 amide bonds. The van der Waals surface area contributed by atoms with Crippen molar-refractivity contribution in [2.45, 2.75) is 31.3 Å². The van der Waals surface area contributed by atoms with Gasteiger partial charge in [0.2, 0.25) is 0 Å². The number of nitrogens with one attached hydrogen (secondary N) is 1. The van der Waals surface area contributed by atoms with Crippen LogP contribution in [0.4, 0.5) is 4.39 Å². The van der Waals surface area contributed by atoms with Gasteiger partial charge in [-0.15, -0.1) is 0 Å². The standard InChI is InChI=1S/C14H16FNO/c1-17-13-4-2-3-12(14(13)15)9-7-10-5-6-11(8-9)16-10/h2-4,7,10-11,16H,5-6,8H2,1H3. The van der Waals surface area contributed by atoms with Crippen LogP contribution in [-0.2, 0) is 0 Å². The summed E-state index contributed by atoms with van der Waals surface area (Å²) >= 11 is 0. The Morgan fingerprint density at radius 1 is 1.35 bits per heavy atom. The number of fused-ring (bicyclic) bond motifs is 2. The van der Waals surface area contributed by atoms with Crippen LogP contribution in [0.5, 0.6) is 5.75 Å². The van der Waals surface area contributed by atoms with E-state index in [1.165, 1.54) is 20.0 Å². The fraction of sp³-hybridized carbons (Fsp3) is 0.429. The molecule has 3 rings (SSSR count). The fourth-order valence-corrected chi connectivity index (χ4v) is 2.84. The van der Waals surface area contributed by atoms with E-state index in [0.717, 1.165) is 12.0 Å². The summed E-state index contributed by atoms with van der Waals surface area (Å²) in [5.41, 5.74) is 1.82. The zero-order valence-electron chi connectivity index (χ0n) is 9.87. The van der Waals surface area contributed by atoms with Gasteiger partial charge >= 0.3 is 0 Å². The van der Waals surface area contributed by atoms with Crippen LogP contribution in [0.25, 0.3) is 5.57 Å². The van der Waals surface area contributed by atoms with Gasteiger partial charge < -0.3 is 10.1 Å². The molecule has 0 spiro atoms. The molecule has 2 atom stereocenters. The predicted molar refractivity (Wildman–Crippen MR) is 65.5 cm³/mol. The third-order valence-corrected chi connectivity index (χ3v) is 3.67. The monoisotopic (exact) mass is 233 g/mol. The maximum Gasteiger partial charge on any atom is 0.172 e. The summed E-state index contributed by atoms with van der Waals surface area (Å²) in [7, 11) is 1.50. The van der Waals surface area contributed by atoms with E-state index in [1.54, 1.807) is 6.07 Å². The number of rotatable bonds is 2. The second kappa shape index (κ2) is 4.15. The number of benzene rings is 1. The Bertz CT molecular complexity index is 469. The lowest BCUT2D eigenvalue weighted by Gasteiger charge is -2.22. The zero-order chi connectivity index (χ0) is 11.8. The molecule has 2 unspecified atom stereocenters. The van der Waals surface area contributed by atoms with Crippen molar-refractivity contribution in [3.05, 3.63) is 35.7 Å².